The zero-order chi connectivity index (χ0) is 12.8. The first-order valence-corrected chi connectivity index (χ1v) is 5.27. The molecule has 0 aromatic heterocycles. The molecule has 0 aliphatic carbocycles. The summed E-state index contributed by atoms with van der Waals surface area (Å²) >= 11 is 0. The zero-order valence-corrected chi connectivity index (χ0v) is 9.94. The Balaban J connectivity index is 2.65. The van der Waals surface area contributed by atoms with E-state index >= 15 is 0 Å². The first-order chi connectivity index (χ1) is 7.84. The number of aromatic carboxylic acids is 1. The van der Waals surface area contributed by atoms with Crippen LogP contribution in [0.25, 0.3) is 0 Å². The number of para-hydroxylation sites is 1. The average molecular weight is 234 g/mol. The molecule has 0 fully saturated rings. The van der Waals surface area contributed by atoms with Crippen LogP contribution in [0.2, 0.25) is 0 Å². The van der Waals surface area contributed by atoms with Gasteiger partial charge in [-0.25, -0.2) is 4.79 Å². The smallest absolute Gasteiger partial charge is 0.337 e. The molecule has 1 aliphatic heterocycles. The number of benzene rings is 1. The Bertz CT molecular complexity index is 508. The summed E-state index contributed by atoms with van der Waals surface area (Å²) in [5.74, 6) is -1.19. The van der Waals surface area contributed by atoms with E-state index in [4.69, 9.17) is 5.11 Å². The highest BCUT2D eigenvalue weighted by atomic mass is 16.4. The van der Waals surface area contributed by atoms with Gasteiger partial charge in [-0.2, -0.15) is 0 Å². The first kappa shape index (κ1) is 11.4. The number of rotatable bonds is 1. The first-order valence-electron chi connectivity index (χ1n) is 5.27. The maximum atomic E-state index is 12.1. The highest BCUT2D eigenvalue weighted by Gasteiger charge is 2.38. The van der Waals surface area contributed by atoms with Gasteiger partial charge < -0.3 is 15.3 Å². The summed E-state index contributed by atoms with van der Waals surface area (Å²) in [4.78, 5) is 24.6. The molecule has 5 nitrogen and oxygen atoms in total. The lowest BCUT2D eigenvalue weighted by Gasteiger charge is -2.38. The molecule has 1 amide bonds. The molecule has 1 aromatic rings. The van der Waals surface area contributed by atoms with Crippen LogP contribution < -0.4 is 10.2 Å². The van der Waals surface area contributed by atoms with Gasteiger partial charge in [-0.05, 0) is 26.0 Å². The fourth-order valence-electron chi connectivity index (χ4n) is 2.09. The van der Waals surface area contributed by atoms with Crippen molar-refractivity contribution in [2.45, 2.75) is 19.4 Å². The molecule has 0 bridgehead atoms. The second-order valence-electron chi connectivity index (χ2n) is 4.62. The van der Waals surface area contributed by atoms with Crippen LogP contribution in [-0.2, 0) is 4.79 Å². The number of amides is 1. The maximum Gasteiger partial charge on any atom is 0.337 e. The SMILES string of the molecule is CN1C(=O)C(C)(C)Nc2cccc(C(=O)O)c21. The minimum atomic E-state index is -1.04. The lowest BCUT2D eigenvalue weighted by atomic mass is 9.97. The van der Waals surface area contributed by atoms with E-state index < -0.39 is 11.5 Å². The highest BCUT2D eigenvalue weighted by Crippen LogP contribution is 2.36. The van der Waals surface area contributed by atoms with E-state index in [0.717, 1.165) is 0 Å². The molecule has 0 saturated carbocycles. The number of likely N-dealkylation sites (N-methyl/N-ethyl adjacent to an activating group) is 1. The van der Waals surface area contributed by atoms with Crippen LogP contribution in [0, 0.1) is 0 Å². The third-order valence-corrected chi connectivity index (χ3v) is 2.89. The Labute approximate surface area is 99.0 Å². The van der Waals surface area contributed by atoms with E-state index in [1.54, 1.807) is 33.0 Å². The second kappa shape index (κ2) is 3.48. The van der Waals surface area contributed by atoms with Gasteiger partial charge in [0.05, 0.1) is 16.9 Å². The molecule has 0 radical (unpaired) electrons. The quantitative estimate of drug-likeness (QED) is 0.773. The molecule has 0 saturated heterocycles. The van der Waals surface area contributed by atoms with Crippen LogP contribution in [-0.4, -0.2) is 29.6 Å². The minimum Gasteiger partial charge on any atom is -0.478 e. The van der Waals surface area contributed by atoms with E-state index in [1.807, 2.05) is 0 Å². The summed E-state index contributed by atoms with van der Waals surface area (Å²) in [6.45, 7) is 3.53. The van der Waals surface area contributed by atoms with Gasteiger partial charge in [-0.1, -0.05) is 6.07 Å². The summed E-state index contributed by atoms with van der Waals surface area (Å²) in [5, 5.41) is 12.2. The topological polar surface area (TPSA) is 69.6 Å². The molecule has 17 heavy (non-hydrogen) atoms. The number of fused-ring (bicyclic) bond motifs is 1. The Kier molecular flexibility index (Phi) is 2.34. The van der Waals surface area contributed by atoms with Crippen LogP contribution in [0.1, 0.15) is 24.2 Å². The predicted molar refractivity (Wildman–Crippen MR) is 64.5 cm³/mol. The highest BCUT2D eigenvalue weighted by molar-refractivity contribution is 6.12. The van der Waals surface area contributed by atoms with Gasteiger partial charge in [0.2, 0.25) is 0 Å². The standard InChI is InChI=1S/C12H14N2O3/c1-12(2)11(17)14(3)9-7(10(15)16)5-4-6-8(9)13-12/h4-6,13H,1-3H3,(H,15,16). The van der Waals surface area contributed by atoms with Crippen molar-refractivity contribution in [3.63, 3.8) is 0 Å². The molecule has 0 atom stereocenters. The monoisotopic (exact) mass is 234 g/mol. The summed E-state index contributed by atoms with van der Waals surface area (Å²) in [6.07, 6.45) is 0. The predicted octanol–water partition coefficient (Wildman–Crippen LogP) is 1.55. The normalized spacial score (nSPS) is 17.4. The van der Waals surface area contributed by atoms with Gasteiger partial charge in [-0.15, -0.1) is 0 Å². The fourth-order valence-corrected chi connectivity index (χ4v) is 2.09. The van der Waals surface area contributed by atoms with Gasteiger partial charge in [0.1, 0.15) is 5.54 Å². The number of nitrogens with zero attached hydrogens (tertiary/aromatic N) is 1. The number of anilines is 2. The number of hydrogen-bond donors (Lipinski definition) is 2. The van der Waals surface area contributed by atoms with Crippen LogP contribution >= 0.6 is 0 Å². The van der Waals surface area contributed by atoms with Crippen LogP contribution in [0.15, 0.2) is 18.2 Å². The number of carbonyl (C=O) groups excluding carboxylic acids is 1. The fraction of sp³-hybridized carbons (Fsp3) is 0.333. The Morgan fingerprint density at radius 2 is 2.06 bits per heavy atom. The third kappa shape index (κ3) is 1.63. The van der Waals surface area contributed by atoms with Gasteiger partial charge in [0.15, 0.2) is 0 Å². The van der Waals surface area contributed by atoms with Crippen molar-refractivity contribution >= 4 is 23.3 Å². The number of nitrogens with one attached hydrogen (secondary N) is 1. The van der Waals surface area contributed by atoms with Crippen molar-refractivity contribution in [1.82, 2.24) is 0 Å². The summed E-state index contributed by atoms with van der Waals surface area (Å²) in [7, 11) is 1.59. The molecule has 2 N–H and O–H groups in total. The van der Waals surface area contributed by atoms with Gasteiger partial charge >= 0.3 is 5.97 Å². The van der Waals surface area contributed by atoms with E-state index in [0.29, 0.717) is 11.4 Å². The van der Waals surface area contributed by atoms with Crippen LogP contribution in [0.4, 0.5) is 11.4 Å². The Morgan fingerprint density at radius 1 is 1.41 bits per heavy atom. The lowest BCUT2D eigenvalue weighted by molar-refractivity contribution is -0.121. The lowest BCUT2D eigenvalue weighted by Crippen LogP contribution is -2.52. The molecular formula is C12H14N2O3. The zero-order valence-electron chi connectivity index (χ0n) is 9.94. The molecule has 0 spiro atoms. The largest absolute Gasteiger partial charge is 0.478 e. The Morgan fingerprint density at radius 3 is 2.65 bits per heavy atom. The molecule has 5 heteroatoms. The van der Waals surface area contributed by atoms with Crippen molar-refractivity contribution in [3.05, 3.63) is 23.8 Å². The molecule has 90 valence electrons. The Hall–Kier alpha value is -2.04. The van der Waals surface area contributed by atoms with Gasteiger partial charge in [-0.3, -0.25) is 4.79 Å². The van der Waals surface area contributed by atoms with E-state index in [9.17, 15) is 9.59 Å². The average Bonchev–Trinajstić information content (AvgIpc) is 2.24. The van der Waals surface area contributed by atoms with Crippen LogP contribution in [0.3, 0.4) is 0 Å². The van der Waals surface area contributed by atoms with Crippen molar-refractivity contribution in [2.24, 2.45) is 0 Å². The van der Waals surface area contributed by atoms with Crippen molar-refractivity contribution in [2.75, 3.05) is 17.3 Å². The molecule has 1 aromatic carbocycles. The molecule has 1 aliphatic rings. The number of carboxylic acid groups (broad SMARTS) is 1. The molecule has 2 rings (SSSR count). The van der Waals surface area contributed by atoms with Gasteiger partial charge in [0, 0.05) is 7.05 Å². The molecule has 0 unspecified atom stereocenters. The van der Waals surface area contributed by atoms with E-state index in [-0.39, 0.29) is 11.5 Å². The summed E-state index contributed by atoms with van der Waals surface area (Å²) in [5.41, 5.74) is 0.487. The van der Waals surface area contributed by atoms with E-state index in [1.165, 1.54) is 11.0 Å². The molecular weight excluding hydrogens is 220 g/mol. The number of carboxylic acids is 1. The van der Waals surface area contributed by atoms with Crippen LogP contribution in [0.5, 0.6) is 0 Å². The summed E-state index contributed by atoms with van der Waals surface area (Å²) < 4.78 is 0. The maximum absolute atomic E-state index is 12.1. The minimum absolute atomic E-state index is 0.126. The van der Waals surface area contributed by atoms with Crippen molar-refractivity contribution in [3.8, 4) is 0 Å². The summed E-state index contributed by atoms with van der Waals surface area (Å²) in [6, 6.07) is 4.92. The van der Waals surface area contributed by atoms with Crippen molar-refractivity contribution < 1.29 is 14.7 Å². The number of hydrogen-bond acceptors (Lipinski definition) is 3. The van der Waals surface area contributed by atoms with Gasteiger partial charge in [0.25, 0.3) is 5.91 Å². The second-order valence-corrected chi connectivity index (χ2v) is 4.62. The van der Waals surface area contributed by atoms with E-state index in [2.05, 4.69) is 5.32 Å². The third-order valence-electron chi connectivity index (χ3n) is 2.89. The molecule has 1 heterocycles. The number of carbonyl (C=O) groups is 2. The van der Waals surface area contributed by atoms with Crippen molar-refractivity contribution in [1.29, 1.82) is 0 Å².